The first kappa shape index (κ1) is 18.5. The van der Waals surface area contributed by atoms with Gasteiger partial charge in [0.25, 0.3) is 0 Å². The number of unbranched alkanes of at least 4 members (excludes halogenated alkanes) is 7. The Bertz CT molecular complexity index is 201. The van der Waals surface area contributed by atoms with Gasteiger partial charge in [-0.25, -0.2) is 0 Å². The Kier molecular flexibility index (Phi) is 13.5. The molecule has 0 aromatic carbocycles. The summed E-state index contributed by atoms with van der Waals surface area (Å²) < 4.78 is 5.46. The molecule has 0 aliphatic rings. The third kappa shape index (κ3) is 12.3. The van der Waals surface area contributed by atoms with E-state index in [1.165, 1.54) is 44.9 Å². The van der Waals surface area contributed by atoms with Gasteiger partial charge in [-0.2, -0.15) is 0 Å². The van der Waals surface area contributed by atoms with E-state index in [0.29, 0.717) is 6.42 Å². The Labute approximate surface area is 120 Å². The summed E-state index contributed by atoms with van der Waals surface area (Å²) in [6, 6.07) is 0. The van der Waals surface area contributed by atoms with E-state index in [2.05, 4.69) is 20.8 Å². The molecule has 0 aliphatic heterocycles. The fourth-order valence-electron chi connectivity index (χ4n) is 2.32. The number of esters is 1. The van der Waals surface area contributed by atoms with Gasteiger partial charge in [-0.05, 0) is 19.3 Å². The summed E-state index contributed by atoms with van der Waals surface area (Å²) in [6.07, 6.45) is 13.9. The van der Waals surface area contributed by atoms with Gasteiger partial charge in [0.2, 0.25) is 0 Å². The lowest BCUT2D eigenvalue weighted by Crippen LogP contribution is -2.16. The largest absolute Gasteiger partial charge is 0.462 e. The Hall–Kier alpha value is -0.530. The van der Waals surface area contributed by atoms with Crippen LogP contribution in [0.3, 0.4) is 0 Å². The Morgan fingerprint density at radius 3 is 1.95 bits per heavy atom. The third-order valence-corrected chi connectivity index (χ3v) is 3.60. The van der Waals surface area contributed by atoms with E-state index >= 15 is 0 Å². The second kappa shape index (κ2) is 13.9. The molecule has 0 bridgehead atoms. The van der Waals surface area contributed by atoms with Crippen LogP contribution in [0, 0.1) is 0 Å². The number of rotatable bonds is 13. The molecule has 114 valence electrons. The predicted octanol–water partition coefficient (Wildman–Crippen LogP) is 5.64. The van der Waals surface area contributed by atoms with Gasteiger partial charge >= 0.3 is 5.97 Å². The molecule has 19 heavy (non-hydrogen) atoms. The average Bonchev–Trinajstić information content (AvgIpc) is 2.41. The highest BCUT2D eigenvalue weighted by Crippen LogP contribution is 2.12. The minimum atomic E-state index is 0.00582. The Morgan fingerprint density at radius 2 is 1.42 bits per heavy atom. The van der Waals surface area contributed by atoms with Crippen molar-refractivity contribution < 1.29 is 9.53 Å². The lowest BCUT2D eigenvalue weighted by Gasteiger charge is -2.15. The molecule has 0 radical (unpaired) electrons. The fraction of sp³-hybridized carbons (Fsp3) is 0.941. The van der Waals surface area contributed by atoms with E-state index in [-0.39, 0.29) is 12.1 Å². The highest BCUT2D eigenvalue weighted by atomic mass is 16.5. The molecule has 2 nitrogen and oxygen atoms in total. The normalized spacial score (nSPS) is 12.4. The van der Waals surface area contributed by atoms with E-state index in [9.17, 15) is 4.79 Å². The predicted molar refractivity (Wildman–Crippen MR) is 82.3 cm³/mol. The van der Waals surface area contributed by atoms with Crippen LogP contribution in [0.5, 0.6) is 0 Å². The van der Waals surface area contributed by atoms with E-state index in [1.54, 1.807) is 0 Å². The van der Waals surface area contributed by atoms with E-state index in [4.69, 9.17) is 4.74 Å². The first-order valence-corrected chi connectivity index (χ1v) is 8.44. The van der Waals surface area contributed by atoms with Crippen molar-refractivity contribution in [2.45, 2.75) is 104 Å². The molecule has 0 heterocycles. The second-order valence-corrected chi connectivity index (χ2v) is 5.53. The maximum atomic E-state index is 11.6. The minimum absolute atomic E-state index is 0.00582. The average molecular weight is 270 g/mol. The maximum absolute atomic E-state index is 11.6. The molecule has 1 unspecified atom stereocenters. The first-order valence-electron chi connectivity index (χ1n) is 8.44. The van der Waals surface area contributed by atoms with Crippen molar-refractivity contribution in [1.29, 1.82) is 0 Å². The van der Waals surface area contributed by atoms with Crippen molar-refractivity contribution in [2.24, 2.45) is 0 Å². The highest BCUT2D eigenvalue weighted by molar-refractivity contribution is 5.69. The number of hydrogen-bond donors (Lipinski definition) is 0. The van der Waals surface area contributed by atoms with Gasteiger partial charge in [-0.3, -0.25) is 4.79 Å². The van der Waals surface area contributed by atoms with Gasteiger partial charge in [0, 0.05) is 6.42 Å². The molecular weight excluding hydrogens is 236 g/mol. The molecule has 0 aliphatic carbocycles. The summed E-state index contributed by atoms with van der Waals surface area (Å²) in [6.45, 7) is 6.46. The summed E-state index contributed by atoms with van der Waals surface area (Å²) in [5.74, 6) is 0.00582. The van der Waals surface area contributed by atoms with Gasteiger partial charge in [-0.1, -0.05) is 72.1 Å². The van der Waals surface area contributed by atoms with Crippen molar-refractivity contribution in [3.63, 3.8) is 0 Å². The van der Waals surface area contributed by atoms with Gasteiger partial charge in [0.05, 0.1) is 0 Å². The molecular formula is C17H34O2. The summed E-state index contributed by atoms with van der Waals surface area (Å²) in [7, 11) is 0. The SMILES string of the molecule is CCCCCCCCCCC(=O)OC(CC)CCC. The van der Waals surface area contributed by atoms with Crippen LogP contribution in [0.25, 0.3) is 0 Å². The van der Waals surface area contributed by atoms with Gasteiger partial charge in [-0.15, -0.1) is 0 Å². The van der Waals surface area contributed by atoms with Crippen LogP contribution in [0.2, 0.25) is 0 Å². The van der Waals surface area contributed by atoms with Crippen LogP contribution in [-0.4, -0.2) is 12.1 Å². The molecule has 0 amide bonds. The standard InChI is InChI=1S/C17H34O2/c1-4-7-8-9-10-11-12-13-15-17(18)19-16(6-3)14-5-2/h16H,4-15H2,1-3H3. The van der Waals surface area contributed by atoms with Crippen molar-refractivity contribution in [1.82, 2.24) is 0 Å². The minimum Gasteiger partial charge on any atom is -0.462 e. The molecule has 0 aromatic heterocycles. The summed E-state index contributed by atoms with van der Waals surface area (Å²) in [4.78, 5) is 11.6. The van der Waals surface area contributed by atoms with Crippen LogP contribution in [-0.2, 0) is 9.53 Å². The van der Waals surface area contributed by atoms with E-state index in [1.807, 2.05) is 0 Å². The zero-order valence-corrected chi connectivity index (χ0v) is 13.4. The zero-order valence-electron chi connectivity index (χ0n) is 13.4. The van der Waals surface area contributed by atoms with Crippen molar-refractivity contribution in [3.05, 3.63) is 0 Å². The van der Waals surface area contributed by atoms with Crippen LogP contribution in [0.1, 0.15) is 97.8 Å². The molecule has 0 N–H and O–H groups in total. The van der Waals surface area contributed by atoms with Gasteiger partial charge < -0.3 is 4.74 Å². The van der Waals surface area contributed by atoms with E-state index < -0.39 is 0 Å². The van der Waals surface area contributed by atoms with Crippen LogP contribution in [0.15, 0.2) is 0 Å². The molecule has 0 saturated heterocycles. The molecule has 0 aromatic rings. The van der Waals surface area contributed by atoms with Crippen molar-refractivity contribution >= 4 is 5.97 Å². The molecule has 2 heteroatoms. The lowest BCUT2D eigenvalue weighted by atomic mass is 10.1. The summed E-state index contributed by atoms with van der Waals surface area (Å²) in [5, 5.41) is 0. The molecule has 0 rings (SSSR count). The summed E-state index contributed by atoms with van der Waals surface area (Å²) in [5.41, 5.74) is 0. The highest BCUT2D eigenvalue weighted by Gasteiger charge is 2.10. The first-order chi connectivity index (χ1) is 9.24. The molecule has 0 saturated carbocycles. The van der Waals surface area contributed by atoms with Crippen LogP contribution in [0.4, 0.5) is 0 Å². The molecule has 0 fully saturated rings. The second-order valence-electron chi connectivity index (χ2n) is 5.53. The van der Waals surface area contributed by atoms with Gasteiger partial charge in [0.1, 0.15) is 6.10 Å². The summed E-state index contributed by atoms with van der Waals surface area (Å²) >= 11 is 0. The van der Waals surface area contributed by atoms with Crippen molar-refractivity contribution in [3.8, 4) is 0 Å². The monoisotopic (exact) mass is 270 g/mol. The smallest absolute Gasteiger partial charge is 0.306 e. The maximum Gasteiger partial charge on any atom is 0.306 e. The van der Waals surface area contributed by atoms with E-state index in [0.717, 1.165) is 25.7 Å². The van der Waals surface area contributed by atoms with Crippen LogP contribution < -0.4 is 0 Å². The van der Waals surface area contributed by atoms with Gasteiger partial charge in [0.15, 0.2) is 0 Å². The third-order valence-electron chi connectivity index (χ3n) is 3.60. The zero-order chi connectivity index (χ0) is 14.3. The molecule has 0 spiro atoms. The molecule has 1 atom stereocenters. The number of carbonyl (C=O) groups excluding carboxylic acids is 1. The lowest BCUT2D eigenvalue weighted by molar-refractivity contribution is -0.149. The number of hydrogen-bond acceptors (Lipinski definition) is 2. The Morgan fingerprint density at radius 1 is 0.842 bits per heavy atom. The topological polar surface area (TPSA) is 26.3 Å². The van der Waals surface area contributed by atoms with Crippen molar-refractivity contribution in [2.75, 3.05) is 0 Å². The fourth-order valence-corrected chi connectivity index (χ4v) is 2.32. The number of carbonyl (C=O) groups is 1. The quantitative estimate of drug-likeness (QED) is 0.320. The van der Waals surface area contributed by atoms with Crippen LogP contribution >= 0.6 is 0 Å². The Balaban J connectivity index is 3.37. The number of ether oxygens (including phenoxy) is 1.